The largest absolute Gasteiger partial charge is 0.326 e. The number of aromatic amines is 2. The summed E-state index contributed by atoms with van der Waals surface area (Å²) in [6.45, 7) is 0. The highest BCUT2D eigenvalue weighted by molar-refractivity contribution is 6.19. The number of aromatic nitrogens is 2. The van der Waals surface area contributed by atoms with Crippen molar-refractivity contribution in [3.05, 3.63) is 50.7 Å². The van der Waals surface area contributed by atoms with E-state index in [4.69, 9.17) is 11.6 Å². The summed E-state index contributed by atoms with van der Waals surface area (Å²) in [6.07, 6.45) is 3.49. The molecule has 1 aromatic heterocycles. The average Bonchev–Trinajstić information content (AvgIpc) is 2.25. The molecule has 0 aliphatic rings. The average molecular weight is 237 g/mol. The minimum atomic E-state index is -0.504. The molecule has 2 rings (SSSR count). The number of halogens is 1. The lowest BCUT2D eigenvalue weighted by molar-refractivity contribution is 1.08. The molecule has 2 N–H and O–H groups in total. The van der Waals surface area contributed by atoms with Crippen LogP contribution in [0.3, 0.4) is 0 Å². The Bertz CT molecular complexity index is 655. The monoisotopic (exact) mass is 236 g/mol. The summed E-state index contributed by atoms with van der Waals surface area (Å²) < 4.78 is 0. The van der Waals surface area contributed by atoms with Gasteiger partial charge in [-0.3, -0.25) is 9.78 Å². The molecule has 0 bridgehead atoms. The summed E-state index contributed by atoms with van der Waals surface area (Å²) in [6, 6.07) is 5.24. The molecule has 1 heterocycles. The second kappa shape index (κ2) is 4.37. The number of alkyl halides is 1. The van der Waals surface area contributed by atoms with Gasteiger partial charge in [0.15, 0.2) is 0 Å². The van der Waals surface area contributed by atoms with E-state index in [2.05, 4.69) is 9.97 Å². The van der Waals surface area contributed by atoms with Crippen LogP contribution in [0.5, 0.6) is 0 Å². The fraction of sp³-hybridized carbons (Fsp3) is 0.0909. The predicted molar refractivity (Wildman–Crippen MR) is 64.9 cm³/mol. The maximum Gasteiger partial charge on any atom is 0.326 e. The number of rotatable bonds is 2. The number of hydrogen-bond donors (Lipinski definition) is 2. The van der Waals surface area contributed by atoms with E-state index in [9.17, 15) is 9.59 Å². The van der Waals surface area contributed by atoms with Crippen molar-refractivity contribution in [2.45, 2.75) is 0 Å². The fourth-order valence-corrected chi connectivity index (χ4v) is 1.65. The highest BCUT2D eigenvalue weighted by atomic mass is 35.5. The van der Waals surface area contributed by atoms with E-state index in [1.54, 1.807) is 30.4 Å². The van der Waals surface area contributed by atoms with Gasteiger partial charge in [0.1, 0.15) is 0 Å². The Morgan fingerprint density at radius 2 is 2.06 bits per heavy atom. The number of H-pyrrole nitrogens is 2. The van der Waals surface area contributed by atoms with Crippen LogP contribution >= 0.6 is 11.6 Å². The molecular weight excluding hydrogens is 228 g/mol. The Kier molecular flexibility index (Phi) is 2.92. The van der Waals surface area contributed by atoms with Crippen LogP contribution < -0.4 is 11.2 Å². The quantitative estimate of drug-likeness (QED) is 0.776. The minimum Gasteiger partial charge on any atom is -0.307 e. The lowest BCUT2D eigenvalue weighted by atomic mass is 10.1. The third-order valence-corrected chi connectivity index (χ3v) is 2.36. The zero-order valence-electron chi connectivity index (χ0n) is 8.29. The van der Waals surface area contributed by atoms with Crippen LogP contribution in [0.1, 0.15) is 5.56 Å². The molecule has 0 saturated carbocycles. The smallest absolute Gasteiger partial charge is 0.307 e. The molecule has 82 valence electrons. The van der Waals surface area contributed by atoms with E-state index in [0.29, 0.717) is 16.8 Å². The van der Waals surface area contributed by atoms with Crippen LogP contribution in [0, 0.1) is 0 Å². The van der Waals surface area contributed by atoms with Gasteiger partial charge >= 0.3 is 5.69 Å². The number of benzene rings is 1. The molecule has 0 aliphatic carbocycles. The summed E-state index contributed by atoms with van der Waals surface area (Å²) in [5.41, 5.74) is 0.352. The van der Waals surface area contributed by atoms with Gasteiger partial charge in [0.25, 0.3) is 5.56 Å². The first-order chi connectivity index (χ1) is 7.72. The summed E-state index contributed by atoms with van der Waals surface area (Å²) >= 11 is 5.54. The van der Waals surface area contributed by atoms with Crippen LogP contribution in [0.2, 0.25) is 0 Å². The maximum absolute atomic E-state index is 11.6. The molecule has 0 aliphatic heterocycles. The standard InChI is InChI=1S/C11H9ClN2O2/c12-6-2-4-7-3-1-5-8-9(7)10(15)14-11(16)13-8/h1-5H,6H2,(H2,13,14,15,16)/b4-2+. The van der Waals surface area contributed by atoms with Crippen molar-refractivity contribution < 1.29 is 0 Å². The lowest BCUT2D eigenvalue weighted by Crippen LogP contribution is -2.22. The molecular formula is C11H9ClN2O2. The molecule has 1 aromatic carbocycles. The third-order valence-electron chi connectivity index (χ3n) is 2.19. The first kappa shape index (κ1) is 10.7. The predicted octanol–water partition coefficient (Wildman–Crippen LogP) is 1.47. The van der Waals surface area contributed by atoms with Gasteiger partial charge in [0.2, 0.25) is 0 Å². The van der Waals surface area contributed by atoms with Gasteiger partial charge in [-0.15, -0.1) is 11.6 Å². The van der Waals surface area contributed by atoms with Gasteiger partial charge < -0.3 is 4.98 Å². The highest BCUT2D eigenvalue weighted by Crippen LogP contribution is 2.12. The van der Waals surface area contributed by atoms with E-state index < -0.39 is 11.2 Å². The van der Waals surface area contributed by atoms with Gasteiger partial charge in [0.05, 0.1) is 10.9 Å². The van der Waals surface area contributed by atoms with Gasteiger partial charge in [-0.2, -0.15) is 0 Å². The maximum atomic E-state index is 11.6. The van der Waals surface area contributed by atoms with Crippen molar-refractivity contribution in [3.63, 3.8) is 0 Å². The SMILES string of the molecule is O=c1[nH]c(=O)c2c(/C=C/CCl)cccc2[nH]1. The molecule has 0 unspecified atom stereocenters. The molecule has 0 amide bonds. The zero-order valence-corrected chi connectivity index (χ0v) is 9.04. The molecule has 4 nitrogen and oxygen atoms in total. The molecule has 0 spiro atoms. The van der Waals surface area contributed by atoms with Crippen molar-refractivity contribution in [1.82, 2.24) is 9.97 Å². The molecule has 16 heavy (non-hydrogen) atoms. The Balaban J connectivity index is 2.82. The molecule has 2 aromatic rings. The van der Waals surface area contributed by atoms with E-state index in [1.807, 2.05) is 0 Å². The Morgan fingerprint density at radius 1 is 1.25 bits per heavy atom. The van der Waals surface area contributed by atoms with Crippen LogP contribution in [-0.2, 0) is 0 Å². The Morgan fingerprint density at radius 3 is 2.81 bits per heavy atom. The third kappa shape index (κ3) is 1.92. The molecule has 5 heteroatoms. The van der Waals surface area contributed by atoms with Gasteiger partial charge in [-0.1, -0.05) is 24.3 Å². The zero-order chi connectivity index (χ0) is 11.5. The van der Waals surface area contributed by atoms with Gasteiger partial charge in [-0.25, -0.2) is 4.79 Å². The Labute approximate surface area is 95.6 Å². The summed E-state index contributed by atoms with van der Waals surface area (Å²) in [5, 5.41) is 0.462. The number of hydrogen-bond acceptors (Lipinski definition) is 2. The first-order valence-electron chi connectivity index (χ1n) is 4.70. The summed E-state index contributed by atoms with van der Waals surface area (Å²) in [5.74, 6) is 0.373. The van der Waals surface area contributed by atoms with Crippen molar-refractivity contribution in [3.8, 4) is 0 Å². The van der Waals surface area contributed by atoms with Gasteiger partial charge in [-0.05, 0) is 11.6 Å². The van der Waals surface area contributed by atoms with Crippen LogP contribution in [-0.4, -0.2) is 15.8 Å². The first-order valence-corrected chi connectivity index (χ1v) is 5.23. The fourth-order valence-electron chi connectivity index (χ4n) is 1.56. The van der Waals surface area contributed by atoms with E-state index in [0.717, 1.165) is 5.56 Å². The van der Waals surface area contributed by atoms with Crippen LogP contribution in [0.15, 0.2) is 33.9 Å². The number of fused-ring (bicyclic) bond motifs is 1. The van der Waals surface area contributed by atoms with Crippen LogP contribution in [0.25, 0.3) is 17.0 Å². The molecule has 0 fully saturated rings. The summed E-state index contributed by atoms with van der Waals surface area (Å²) in [4.78, 5) is 27.5. The molecule has 0 saturated heterocycles. The van der Waals surface area contributed by atoms with E-state index in [-0.39, 0.29) is 0 Å². The van der Waals surface area contributed by atoms with E-state index in [1.165, 1.54) is 0 Å². The van der Waals surface area contributed by atoms with Crippen LogP contribution in [0.4, 0.5) is 0 Å². The highest BCUT2D eigenvalue weighted by Gasteiger charge is 2.03. The van der Waals surface area contributed by atoms with Crippen molar-refractivity contribution in [1.29, 1.82) is 0 Å². The normalized spacial score (nSPS) is 11.3. The van der Waals surface area contributed by atoms with Crippen molar-refractivity contribution in [2.24, 2.45) is 0 Å². The van der Waals surface area contributed by atoms with Gasteiger partial charge in [0, 0.05) is 5.88 Å². The van der Waals surface area contributed by atoms with Crippen molar-refractivity contribution in [2.75, 3.05) is 5.88 Å². The minimum absolute atomic E-state index is 0.373. The molecule has 0 atom stereocenters. The van der Waals surface area contributed by atoms with Crippen molar-refractivity contribution >= 4 is 28.6 Å². The summed E-state index contributed by atoms with van der Waals surface area (Å²) in [7, 11) is 0. The Hall–Kier alpha value is -1.81. The van der Waals surface area contributed by atoms with E-state index >= 15 is 0 Å². The second-order valence-electron chi connectivity index (χ2n) is 3.23. The number of allylic oxidation sites excluding steroid dienone is 1. The second-order valence-corrected chi connectivity index (χ2v) is 3.54. The topological polar surface area (TPSA) is 65.7 Å². The number of nitrogens with one attached hydrogen (secondary N) is 2. The molecule has 0 radical (unpaired) electrons. The lowest BCUT2D eigenvalue weighted by Gasteiger charge is -1.99.